The van der Waals surface area contributed by atoms with E-state index in [1.165, 1.54) is 0 Å². The van der Waals surface area contributed by atoms with Crippen LogP contribution in [0.2, 0.25) is 0 Å². The van der Waals surface area contributed by atoms with E-state index in [0.717, 1.165) is 24.8 Å². The number of carbonyl (C=O) groups is 2. The molecule has 2 heterocycles. The molecule has 0 aromatic heterocycles. The molecular formula is C20H27NO5. The lowest BCUT2D eigenvalue weighted by Gasteiger charge is -2.33. The number of likely N-dealkylation sites (tertiary alicyclic amines) is 1. The number of ether oxygens (including phenoxy) is 3. The summed E-state index contributed by atoms with van der Waals surface area (Å²) in [5, 5.41) is 0. The standard InChI is InChI=1S/C20H27NO5/c1-5-17(16-7-6-10-21(16)19(23)26-20(2,3)4)25-14-8-9-15-13(11-14)12-24-18(15)22/h8-9,11,16-17H,5-7,10,12H2,1-4H3/t16-,17?/m0/s1. The van der Waals surface area contributed by atoms with Gasteiger partial charge in [0.05, 0.1) is 11.6 Å². The molecule has 1 aromatic carbocycles. The summed E-state index contributed by atoms with van der Waals surface area (Å²) in [5.74, 6) is 0.412. The second-order valence-corrected chi connectivity index (χ2v) is 7.84. The molecule has 0 radical (unpaired) electrons. The van der Waals surface area contributed by atoms with Crippen molar-refractivity contribution in [3.05, 3.63) is 29.3 Å². The van der Waals surface area contributed by atoms with Crippen LogP contribution in [0.15, 0.2) is 18.2 Å². The summed E-state index contributed by atoms with van der Waals surface area (Å²) in [4.78, 5) is 25.9. The van der Waals surface area contributed by atoms with Crippen LogP contribution in [-0.4, -0.2) is 41.3 Å². The summed E-state index contributed by atoms with van der Waals surface area (Å²) in [6.07, 6.45) is 2.20. The van der Waals surface area contributed by atoms with E-state index in [1.54, 1.807) is 17.0 Å². The molecule has 0 spiro atoms. The quantitative estimate of drug-likeness (QED) is 0.761. The molecule has 2 aliphatic heterocycles. The van der Waals surface area contributed by atoms with Crippen LogP contribution in [0.25, 0.3) is 0 Å². The van der Waals surface area contributed by atoms with Gasteiger partial charge in [-0.1, -0.05) is 6.92 Å². The fourth-order valence-electron chi connectivity index (χ4n) is 3.52. The highest BCUT2D eigenvalue weighted by atomic mass is 16.6. The summed E-state index contributed by atoms with van der Waals surface area (Å²) in [5.41, 5.74) is 0.929. The van der Waals surface area contributed by atoms with Gasteiger partial charge < -0.3 is 19.1 Å². The SMILES string of the molecule is CCC(Oc1ccc2c(c1)COC2=O)[C@@H]1CCCN1C(=O)OC(C)(C)C. The lowest BCUT2D eigenvalue weighted by Crippen LogP contribution is -2.46. The zero-order valence-electron chi connectivity index (χ0n) is 15.9. The number of esters is 1. The highest BCUT2D eigenvalue weighted by Crippen LogP contribution is 2.30. The summed E-state index contributed by atoms with van der Waals surface area (Å²) < 4.78 is 16.8. The molecule has 1 fully saturated rings. The van der Waals surface area contributed by atoms with Crippen molar-refractivity contribution in [3.8, 4) is 5.75 Å². The Balaban J connectivity index is 1.72. The van der Waals surface area contributed by atoms with Crippen LogP contribution in [-0.2, 0) is 16.1 Å². The van der Waals surface area contributed by atoms with Crippen molar-refractivity contribution in [1.82, 2.24) is 4.90 Å². The predicted molar refractivity (Wildman–Crippen MR) is 96.2 cm³/mol. The number of hydrogen-bond donors (Lipinski definition) is 0. The van der Waals surface area contributed by atoms with Crippen molar-refractivity contribution in [1.29, 1.82) is 0 Å². The number of nitrogens with zero attached hydrogens (tertiary/aromatic N) is 1. The summed E-state index contributed by atoms with van der Waals surface area (Å²) >= 11 is 0. The lowest BCUT2D eigenvalue weighted by molar-refractivity contribution is 0.00869. The van der Waals surface area contributed by atoms with Gasteiger partial charge in [0, 0.05) is 12.1 Å². The molecule has 0 N–H and O–H groups in total. The van der Waals surface area contributed by atoms with Crippen LogP contribution in [0.1, 0.15) is 62.9 Å². The van der Waals surface area contributed by atoms with E-state index in [0.29, 0.717) is 17.9 Å². The van der Waals surface area contributed by atoms with Crippen LogP contribution in [0, 0.1) is 0 Å². The van der Waals surface area contributed by atoms with Crippen molar-refractivity contribution in [2.24, 2.45) is 0 Å². The Bertz CT molecular complexity index is 694. The zero-order valence-corrected chi connectivity index (χ0v) is 15.9. The number of benzene rings is 1. The van der Waals surface area contributed by atoms with E-state index < -0.39 is 5.60 Å². The maximum Gasteiger partial charge on any atom is 0.410 e. The molecular weight excluding hydrogens is 334 g/mol. The van der Waals surface area contributed by atoms with Crippen molar-refractivity contribution in [2.75, 3.05) is 6.54 Å². The first-order valence-corrected chi connectivity index (χ1v) is 9.25. The van der Waals surface area contributed by atoms with Crippen LogP contribution >= 0.6 is 0 Å². The zero-order chi connectivity index (χ0) is 18.9. The Hall–Kier alpha value is -2.24. The van der Waals surface area contributed by atoms with Gasteiger partial charge in [0.25, 0.3) is 0 Å². The molecule has 6 heteroatoms. The van der Waals surface area contributed by atoms with Gasteiger partial charge in [0.15, 0.2) is 0 Å². The molecule has 1 unspecified atom stereocenters. The number of amides is 1. The molecule has 3 rings (SSSR count). The van der Waals surface area contributed by atoms with Crippen molar-refractivity contribution >= 4 is 12.1 Å². The first-order valence-electron chi connectivity index (χ1n) is 9.25. The maximum absolute atomic E-state index is 12.5. The van der Waals surface area contributed by atoms with Crippen LogP contribution in [0.5, 0.6) is 5.75 Å². The first-order chi connectivity index (χ1) is 12.3. The Morgan fingerprint density at radius 2 is 2.15 bits per heavy atom. The maximum atomic E-state index is 12.5. The smallest absolute Gasteiger partial charge is 0.410 e. The summed E-state index contributed by atoms with van der Waals surface area (Å²) in [6.45, 7) is 8.64. The average Bonchev–Trinajstić information content (AvgIpc) is 3.18. The molecule has 1 aromatic rings. The number of hydrogen-bond acceptors (Lipinski definition) is 5. The molecule has 6 nitrogen and oxygen atoms in total. The molecule has 0 aliphatic carbocycles. The number of rotatable bonds is 4. The van der Waals surface area contributed by atoms with Crippen molar-refractivity contribution < 1.29 is 23.8 Å². The molecule has 0 bridgehead atoms. The van der Waals surface area contributed by atoms with E-state index in [9.17, 15) is 9.59 Å². The summed E-state index contributed by atoms with van der Waals surface area (Å²) in [6, 6.07) is 5.38. The lowest BCUT2D eigenvalue weighted by atomic mass is 10.1. The molecule has 2 aliphatic rings. The predicted octanol–water partition coefficient (Wildman–Crippen LogP) is 3.91. The Morgan fingerprint density at radius 3 is 2.85 bits per heavy atom. The Kier molecular flexibility index (Phi) is 5.12. The van der Waals surface area contributed by atoms with Crippen LogP contribution in [0.4, 0.5) is 4.79 Å². The molecule has 1 saturated heterocycles. The number of carbonyl (C=O) groups excluding carboxylic acids is 2. The minimum atomic E-state index is -0.515. The Labute approximate surface area is 154 Å². The van der Waals surface area contributed by atoms with Gasteiger partial charge in [-0.25, -0.2) is 9.59 Å². The fraction of sp³-hybridized carbons (Fsp3) is 0.600. The van der Waals surface area contributed by atoms with Gasteiger partial charge in [0.1, 0.15) is 24.1 Å². The minimum Gasteiger partial charge on any atom is -0.488 e. The van der Waals surface area contributed by atoms with Gasteiger partial charge in [-0.05, 0) is 58.2 Å². The van der Waals surface area contributed by atoms with Crippen molar-refractivity contribution in [2.45, 2.75) is 71.3 Å². The largest absolute Gasteiger partial charge is 0.488 e. The van der Waals surface area contributed by atoms with Crippen molar-refractivity contribution in [3.63, 3.8) is 0 Å². The van der Waals surface area contributed by atoms with Crippen LogP contribution < -0.4 is 4.74 Å². The first kappa shape index (κ1) is 18.5. The van der Waals surface area contributed by atoms with Gasteiger partial charge in [-0.2, -0.15) is 0 Å². The highest BCUT2D eigenvalue weighted by molar-refractivity contribution is 5.93. The van der Waals surface area contributed by atoms with E-state index in [-0.39, 0.29) is 30.8 Å². The van der Waals surface area contributed by atoms with E-state index in [1.807, 2.05) is 26.8 Å². The minimum absolute atomic E-state index is 0.0130. The van der Waals surface area contributed by atoms with Gasteiger partial charge in [-0.15, -0.1) is 0 Å². The molecule has 1 amide bonds. The van der Waals surface area contributed by atoms with E-state index in [2.05, 4.69) is 6.92 Å². The third-order valence-electron chi connectivity index (χ3n) is 4.70. The monoisotopic (exact) mass is 361 g/mol. The topological polar surface area (TPSA) is 65.1 Å². The molecule has 2 atom stereocenters. The van der Waals surface area contributed by atoms with E-state index in [4.69, 9.17) is 14.2 Å². The Morgan fingerprint density at radius 1 is 1.38 bits per heavy atom. The third kappa shape index (κ3) is 3.94. The number of cyclic esters (lactones) is 1. The molecule has 142 valence electrons. The van der Waals surface area contributed by atoms with E-state index >= 15 is 0 Å². The highest BCUT2D eigenvalue weighted by Gasteiger charge is 2.37. The molecule has 26 heavy (non-hydrogen) atoms. The number of fused-ring (bicyclic) bond motifs is 1. The van der Waals surface area contributed by atoms with Gasteiger partial charge in [0.2, 0.25) is 0 Å². The van der Waals surface area contributed by atoms with Gasteiger partial charge in [-0.3, -0.25) is 0 Å². The third-order valence-corrected chi connectivity index (χ3v) is 4.70. The second-order valence-electron chi connectivity index (χ2n) is 7.84. The average molecular weight is 361 g/mol. The fourth-order valence-corrected chi connectivity index (χ4v) is 3.52. The normalized spacial score (nSPS) is 20.5. The summed E-state index contributed by atoms with van der Waals surface area (Å²) in [7, 11) is 0. The molecule has 0 saturated carbocycles. The second kappa shape index (κ2) is 7.17. The van der Waals surface area contributed by atoms with Gasteiger partial charge >= 0.3 is 12.1 Å². The van der Waals surface area contributed by atoms with Crippen LogP contribution in [0.3, 0.4) is 0 Å².